The van der Waals surface area contributed by atoms with Crippen molar-refractivity contribution in [3.8, 4) is 0 Å². The molecule has 1 aliphatic heterocycles. The summed E-state index contributed by atoms with van der Waals surface area (Å²) in [7, 11) is 0. The van der Waals surface area contributed by atoms with Crippen molar-refractivity contribution in [2.24, 2.45) is 5.73 Å². The monoisotopic (exact) mass is 211 g/mol. The molecule has 1 aromatic rings. The third-order valence-corrected chi connectivity index (χ3v) is 2.72. The zero-order valence-electron chi connectivity index (χ0n) is 8.98. The van der Waals surface area contributed by atoms with E-state index in [4.69, 9.17) is 14.9 Å². The van der Waals surface area contributed by atoms with Crippen molar-refractivity contribution in [2.75, 3.05) is 13.2 Å². The molecule has 2 N–H and O–H groups in total. The van der Waals surface area contributed by atoms with E-state index in [1.165, 1.54) is 0 Å². The number of nitrogens with zero attached hydrogens (tertiary/aromatic N) is 2. The molecule has 1 saturated heterocycles. The summed E-state index contributed by atoms with van der Waals surface area (Å²) in [6, 6.07) is -0.143. The maximum Gasteiger partial charge on any atom is 0.233 e. The highest BCUT2D eigenvalue weighted by Gasteiger charge is 2.23. The molecule has 0 spiro atoms. The van der Waals surface area contributed by atoms with Crippen molar-refractivity contribution >= 4 is 0 Å². The summed E-state index contributed by atoms with van der Waals surface area (Å²) in [5, 5.41) is 8.00. The Labute approximate surface area is 89.0 Å². The van der Waals surface area contributed by atoms with Gasteiger partial charge >= 0.3 is 0 Å². The molecule has 5 heteroatoms. The highest BCUT2D eigenvalue weighted by molar-refractivity contribution is 4.95. The third-order valence-electron chi connectivity index (χ3n) is 2.72. The fourth-order valence-electron chi connectivity index (χ4n) is 1.67. The van der Waals surface area contributed by atoms with Gasteiger partial charge in [-0.25, -0.2) is 0 Å². The van der Waals surface area contributed by atoms with Crippen LogP contribution < -0.4 is 5.73 Å². The lowest BCUT2D eigenvalue weighted by Gasteiger charge is -2.18. The Hall–Kier alpha value is -0.940. The van der Waals surface area contributed by atoms with Crippen LogP contribution in [0.15, 0.2) is 4.42 Å². The van der Waals surface area contributed by atoms with Crippen LogP contribution in [0.5, 0.6) is 0 Å². The molecule has 0 amide bonds. The molecule has 2 atom stereocenters. The van der Waals surface area contributed by atoms with E-state index in [1.54, 1.807) is 0 Å². The van der Waals surface area contributed by atoms with E-state index in [9.17, 15) is 0 Å². The summed E-state index contributed by atoms with van der Waals surface area (Å²) >= 11 is 0. The number of nitrogens with two attached hydrogens (primary N) is 1. The normalized spacial score (nSPS) is 24.0. The van der Waals surface area contributed by atoms with Gasteiger partial charge in [-0.2, -0.15) is 0 Å². The minimum absolute atomic E-state index is 0.143. The first-order valence-corrected chi connectivity index (χ1v) is 5.48. The Morgan fingerprint density at radius 3 is 3.07 bits per heavy atom. The van der Waals surface area contributed by atoms with E-state index < -0.39 is 0 Å². The lowest BCUT2D eigenvalue weighted by molar-refractivity contribution is 0.0720. The Kier molecular flexibility index (Phi) is 3.33. The van der Waals surface area contributed by atoms with Crippen molar-refractivity contribution < 1.29 is 9.15 Å². The van der Waals surface area contributed by atoms with E-state index in [0.29, 0.717) is 18.4 Å². The summed E-state index contributed by atoms with van der Waals surface area (Å²) in [4.78, 5) is 0. The van der Waals surface area contributed by atoms with Crippen LogP contribution in [0.4, 0.5) is 0 Å². The van der Waals surface area contributed by atoms with Crippen LogP contribution in [-0.2, 0) is 4.74 Å². The lowest BCUT2D eigenvalue weighted by Crippen LogP contribution is -2.15. The summed E-state index contributed by atoms with van der Waals surface area (Å²) in [5.41, 5.74) is 5.81. The van der Waals surface area contributed by atoms with Gasteiger partial charge in [-0.1, -0.05) is 6.92 Å². The molecule has 1 aliphatic rings. The molecular formula is C10H17N3O2. The fourth-order valence-corrected chi connectivity index (χ4v) is 1.67. The smallest absolute Gasteiger partial charge is 0.233 e. The SMILES string of the molecule is CCC(N)c1nnc(C2CCCOC2)o1. The molecule has 15 heavy (non-hydrogen) atoms. The molecule has 1 fully saturated rings. The van der Waals surface area contributed by atoms with Crippen LogP contribution in [0.25, 0.3) is 0 Å². The van der Waals surface area contributed by atoms with Crippen molar-refractivity contribution in [3.63, 3.8) is 0 Å². The number of ether oxygens (including phenoxy) is 1. The first-order valence-electron chi connectivity index (χ1n) is 5.48. The molecule has 2 unspecified atom stereocenters. The summed E-state index contributed by atoms with van der Waals surface area (Å²) in [6.45, 7) is 3.52. The molecule has 2 heterocycles. The van der Waals surface area contributed by atoms with Gasteiger partial charge < -0.3 is 14.9 Å². The van der Waals surface area contributed by atoms with E-state index >= 15 is 0 Å². The van der Waals surface area contributed by atoms with E-state index in [1.807, 2.05) is 6.92 Å². The largest absolute Gasteiger partial charge is 0.423 e. The maximum atomic E-state index is 5.81. The number of hydrogen-bond donors (Lipinski definition) is 1. The number of rotatable bonds is 3. The zero-order valence-corrected chi connectivity index (χ0v) is 8.98. The molecule has 0 radical (unpaired) electrons. The van der Waals surface area contributed by atoms with Gasteiger partial charge in [-0.3, -0.25) is 0 Å². The van der Waals surface area contributed by atoms with Gasteiger partial charge in [0.2, 0.25) is 11.8 Å². The Morgan fingerprint density at radius 1 is 1.53 bits per heavy atom. The number of aromatic nitrogens is 2. The fraction of sp³-hybridized carbons (Fsp3) is 0.800. The average molecular weight is 211 g/mol. The van der Waals surface area contributed by atoms with Gasteiger partial charge in [0.1, 0.15) is 0 Å². The van der Waals surface area contributed by atoms with E-state index in [0.717, 1.165) is 25.9 Å². The minimum Gasteiger partial charge on any atom is -0.423 e. The molecule has 5 nitrogen and oxygen atoms in total. The molecule has 0 bridgehead atoms. The Balaban J connectivity index is 2.05. The minimum atomic E-state index is -0.143. The van der Waals surface area contributed by atoms with Gasteiger partial charge in [0.05, 0.1) is 18.6 Å². The lowest BCUT2D eigenvalue weighted by atomic mass is 10.0. The third kappa shape index (κ3) is 2.35. The van der Waals surface area contributed by atoms with Crippen LogP contribution in [0, 0.1) is 0 Å². The molecule has 1 aromatic heterocycles. The quantitative estimate of drug-likeness (QED) is 0.817. The summed E-state index contributed by atoms with van der Waals surface area (Å²) < 4.78 is 10.9. The Morgan fingerprint density at radius 2 is 2.40 bits per heavy atom. The molecule has 0 saturated carbocycles. The second-order valence-electron chi connectivity index (χ2n) is 3.91. The highest BCUT2D eigenvalue weighted by Crippen LogP contribution is 2.25. The van der Waals surface area contributed by atoms with Crippen molar-refractivity contribution in [1.82, 2.24) is 10.2 Å². The molecule has 0 aromatic carbocycles. The second-order valence-corrected chi connectivity index (χ2v) is 3.91. The van der Waals surface area contributed by atoms with Gasteiger partial charge in [-0.05, 0) is 19.3 Å². The van der Waals surface area contributed by atoms with Crippen molar-refractivity contribution in [3.05, 3.63) is 11.8 Å². The zero-order chi connectivity index (χ0) is 10.7. The second kappa shape index (κ2) is 4.72. The highest BCUT2D eigenvalue weighted by atomic mass is 16.5. The maximum absolute atomic E-state index is 5.81. The molecule has 0 aliphatic carbocycles. The number of hydrogen-bond acceptors (Lipinski definition) is 5. The van der Waals surface area contributed by atoms with Gasteiger partial charge in [0.25, 0.3) is 0 Å². The Bertz CT molecular complexity index is 307. The van der Waals surface area contributed by atoms with Crippen molar-refractivity contribution in [2.45, 2.75) is 38.1 Å². The molecule has 2 rings (SSSR count). The molecule has 84 valence electrons. The van der Waals surface area contributed by atoms with Crippen LogP contribution in [-0.4, -0.2) is 23.4 Å². The summed E-state index contributed by atoms with van der Waals surface area (Å²) in [6.07, 6.45) is 2.92. The standard InChI is InChI=1S/C10H17N3O2/c1-2-8(11)10-13-12-9(15-10)7-4-3-5-14-6-7/h7-8H,2-6,11H2,1H3. The predicted octanol–water partition coefficient (Wildman–Crippen LogP) is 1.37. The molecular weight excluding hydrogens is 194 g/mol. The van der Waals surface area contributed by atoms with Crippen LogP contribution in [0.3, 0.4) is 0 Å². The van der Waals surface area contributed by atoms with E-state index in [2.05, 4.69) is 10.2 Å². The average Bonchev–Trinajstić information content (AvgIpc) is 2.78. The van der Waals surface area contributed by atoms with Crippen LogP contribution >= 0.6 is 0 Å². The first kappa shape index (κ1) is 10.6. The van der Waals surface area contributed by atoms with Crippen molar-refractivity contribution in [1.29, 1.82) is 0 Å². The topological polar surface area (TPSA) is 74.2 Å². The van der Waals surface area contributed by atoms with Gasteiger partial charge in [-0.15, -0.1) is 10.2 Å². The summed E-state index contributed by atoms with van der Waals surface area (Å²) in [5.74, 6) is 1.47. The van der Waals surface area contributed by atoms with Crippen LogP contribution in [0.2, 0.25) is 0 Å². The van der Waals surface area contributed by atoms with Gasteiger partial charge in [0, 0.05) is 6.61 Å². The predicted molar refractivity (Wildman–Crippen MR) is 54.3 cm³/mol. The van der Waals surface area contributed by atoms with E-state index in [-0.39, 0.29) is 12.0 Å². The van der Waals surface area contributed by atoms with Crippen LogP contribution in [0.1, 0.15) is 49.9 Å². The van der Waals surface area contributed by atoms with Gasteiger partial charge in [0.15, 0.2) is 0 Å². The first-order chi connectivity index (χ1) is 7.31.